The minimum atomic E-state index is -0.462. The lowest BCUT2D eigenvalue weighted by atomic mass is 9.78. The SMILES string of the molecule is Cc1cccc(C2C(C(=O)N(C)Cc3ccco3)c3ccccc3C(=O)N2C2CC2)c1. The van der Waals surface area contributed by atoms with Gasteiger partial charge in [-0.25, -0.2) is 0 Å². The Hall–Kier alpha value is -3.34. The minimum Gasteiger partial charge on any atom is -0.467 e. The second-order valence-corrected chi connectivity index (χ2v) is 8.64. The molecule has 1 fully saturated rings. The highest BCUT2D eigenvalue weighted by molar-refractivity contribution is 6.01. The van der Waals surface area contributed by atoms with E-state index in [1.807, 2.05) is 66.4 Å². The van der Waals surface area contributed by atoms with E-state index in [-0.39, 0.29) is 23.9 Å². The van der Waals surface area contributed by atoms with E-state index in [9.17, 15) is 9.59 Å². The van der Waals surface area contributed by atoms with Crippen molar-refractivity contribution in [3.05, 3.63) is 94.9 Å². The van der Waals surface area contributed by atoms with Gasteiger partial charge >= 0.3 is 0 Å². The fraction of sp³-hybridized carbons (Fsp3) is 0.308. The lowest BCUT2D eigenvalue weighted by Crippen LogP contribution is -2.48. The Kier molecular flexibility index (Phi) is 4.89. The molecule has 2 amide bonds. The summed E-state index contributed by atoms with van der Waals surface area (Å²) in [5.41, 5.74) is 3.59. The Morgan fingerprint density at radius 3 is 2.61 bits per heavy atom. The van der Waals surface area contributed by atoms with E-state index in [2.05, 4.69) is 6.07 Å². The van der Waals surface area contributed by atoms with Crippen LogP contribution in [0.2, 0.25) is 0 Å². The molecule has 1 saturated carbocycles. The highest BCUT2D eigenvalue weighted by Crippen LogP contribution is 2.48. The zero-order valence-electron chi connectivity index (χ0n) is 17.8. The molecule has 2 atom stereocenters. The molecule has 1 aliphatic carbocycles. The molecule has 3 aromatic rings. The zero-order chi connectivity index (χ0) is 21.5. The van der Waals surface area contributed by atoms with Crippen molar-refractivity contribution in [3.8, 4) is 0 Å². The lowest BCUT2D eigenvalue weighted by Gasteiger charge is -2.43. The molecule has 1 aliphatic heterocycles. The van der Waals surface area contributed by atoms with Crippen LogP contribution < -0.4 is 0 Å². The summed E-state index contributed by atoms with van der Waals surface area (Å²) >= 11 is 0. The number of hydrogen-bond acceptors (Lipinski definition) is 3. The number of furan rings is 1. The van der Waals surface area contributed by atoms with Gasteiger partial charge in [0, 0.05) is 18.7 Å². The topological polar surface area (TPSA) is 53.8 Å². The van der Waals surface area contributed by atoms with Gasteiger partial charge in [-0.05, 0) is 49.1 Å². The molecule has 158 valence electrons. The Morgan fingerprint density at radius 1 is 1.10 bits per heavy atom. The van der Waals surface area contributed by atoms with Gasteiger partial charge in [0.05, 0.1) is 24.8 Å². The van der Waals surface area contributed by atoms with Crippen molar-refractivity contribution >= 4 is 11.8 Å². The van der Waals surface area contributed by atoms with Crippen molar-refractivity contribution in [1.29, 1.82) is 0 Å². The van der Waals surface area contributed by atoms with Gasteiger partial charge in [-0.3, -0.25) is 9.59 Å². The third-order valence-electron chi connectivity index (χ3n) is 6.32. The van der Waals surface area contributed by atoms with Gasteiger partial charge in [0.15, 0.2) is 0 Å². The first-order valence-electron chi connectivity index (χ1n) is 10.8. The summed E-state index contributed by atoms with van der Waals surface area (Å²) in [5.74, 6) is 0.300. The van der Waals surface area contributed by atoms with Gasteiger partial charge in [0.25, 0.3) is 5.91 Å². The van der Waals surface area contributed by atoms with E-state index in [0.29, 0.717) is 12.1 Å². The molecule has 5 nitrogen and oxygen atoms in total. The first-order chi connectivity index (χ1) is 15.0. The maximum atomic E-state index is 13.9. The number of benzene rings is 2. The summed E-state index contributed by atoms with van der Waals surface area (Å²) < 4.78 is 5.47. The molecule has 2 aliphatic rings. The highest BCUT2D eigenvalue weighted by atomic mass is 16.3. The number of carbonyl (C=O) groups is 2. The van der Waals surface area contributed by atoms with Crippen LogP contribution in [0, 0.1) is 6.92 Å². The molecule has 5 rings (SSSR count). The van der Waals surface area contributed by atoms with Crippen molar-refractivity contribution in [3.63, 3.8) is 0 Å². The molecule has 0 radical (unpaired) electrons. The van der Waals surface area contributed by atoms with E-state index >= 15 is 0 Å². The summed E-state index contributed by atoms with van der Waals surface area (Å²) in [6.45, 7) is 2.44. The van der Waals surface area contributed by atoms with Gasteiger partial charge in [-0.15, -0.1) is 0 Å². The van der Waals surface area contributed by atoms with Crippen LogP contribution in [0.4, 0.5) is 0 Å². The first-order valence-corrected chi connectivity index (χ1v) is 10.8. The van der Waals surface area contributed by atoms with Gasteiger partial charge in [0.1, 0.15) is 5.76 Å². The number of likely N-dealkylation sites (N-methyl/N-ethyl adjacent to an activating group) is 1. The number of carbonyl (C=O) groups excluding carboxylic acids is 2. The van der Waals surface area contributed by atoms with Crippen molar-refractivity contribution in [2.75, 3.05) is 7.05 Å². The van der Waals surface area contributed by atoms with Crippen LogP contribution in [-0.2, 0) is 11.3 Å². The monoisotopic (exact) mass is 414 g/mol. The molecule has 31 heavy (non-hydrogen) atoms. The number of aryl methyl sites for hydroxylation is 1. The Labute approximate surface area is 182 Å². The predicted molar refractivity (Wildman–Crippen MR) is 117 cm³/mol. The van der Waals surface area contributed by atoms with Crippen LogP contribution in [0.15, 0.2) is 71.3 Å². The summed E-state index contributed by atoms with van der Waals surface area (Å²) in [7, 11) is 1.80. The molecule has 0 spiro atoms. The van der Waals surface area contributed by atoms with Gasteiger partial charge in [-0.2, -0.15) is 0 Å². The van der Waals surface area contributed by atoms with Crippen LogP contribution in [-0.4, -0.2) is 34.7 Å². The standard InChI is InChI=1S/C26H26N2O3/c1-17-7-5-8-18(15-17)24-23(26(30)27(2)16-20-9-6-14-31-20)21-10-3-4-11-22(21)25(29)28(24)19-12-13-19/h3-11,14-15,19,23-24H,12-13,16H2,1-2H3. The fourth-order valence-corrected chi connectivity index (χ4v) is 4.73. The van der Waals surface area contributed by atoms with Crippen molar-refractivity contribution in [2.45, 2.75) is 44.3 Å². The van der Waals surface area contributed by atoms with Gasteiger partial charge in [0.2, 0.25) is 5.91 Å². The summed E-state index contributed by atoms with van der Waals surface area (Å²) in [6.07, 6.45) is 3.59. The van der Waals surface area contributed by atoms with E-state index in [1.54, 1.807) is 18.2 Å². The fourth-order valence-electron chi connectivity index (χ4n) is 4.73. The number of hydrogen-bond donors (Lipinski definition) is 0. The number of rotatable bonds is 5. The van der Waals surface area contributed by atoms with E-state index < -0.39 is 5.92 Å². The van der Waals surface area contributed by atoms with E-state index in [1.165, 1.54) is 0 Å². The first kappa shape index (κ1) is 19.6. The average molecular weight is 415 g/mol. The average Bonchev–Trinajstić information content (AvgIpc) is 3.48. The molecular formula is C26H26N2O3. The van der Waals surface area contributed by atoms with Crippen LogP contribution >= 0.6 is 0 Å². The van der Waals surface area contributed by atoms with Gasteiger partial charge < -0.3 is 14.2 Å². The third kappa shape index (κ3) is 3.54. The zero-order valence-corrected chi connectivity index (χ0v) is 17.8. The molecule has 5 heteroatoms. The van der Waals surface area contributed by atoms with E-state index in [4.69, 9.17) is 4.42 Å². The molecular weight excluding hydrogens is 388 g/mol. The molecule has 0 N–H and O–H groups in total. The largest absolute Gasteiger partial charge is 0.467 e. The molecule has 2 unspecified atom stereocenters. The lowest BCUT2D eigenvalue weighted by molar-refractivity contribution is -0.134. The summed E-state index contributed by atoms with van der Waals surface area (Å²) in [5, 5.41) is 0. The van der Waals surface area contributed by atoms with Crippen molar-refractivity contribution in [1.82, 2.24) is 9.80 Å². The van der Waals surface area contributed by atoms with Crippen molar-refractivity contribution in [2.24, 2.45) is 0 Å². The molecule has 0 bridgehead atoms. The normalized spacial score (nSPS) is 20.5. The molecule has 2 heterocycles. The maximum Gasteiger partial charge on any atom is 0.254 e. The van der Waals surface area contributed by atoms with Crippen LogP contribution in [0.25, 0.3) is 0 Å². The third-order valence-corrected chi connectivity index (χ3v) is 6.32. The quantitative estimate of drug-likeness (QED) is 0.609. The van der Waals surface area contributed by atoms with Gasteiger partial charge in [-0.1, -0.05) is 48.0 Å². The highest BCUT2D eigenvalue weighted by Gasteiger charge is 2.49. The van der Waals surface area contributed by atoms with E-state index in [0.717, 1.165) is 35.3 Å². The second kappa shape index (κ2) is 7.73. The van der Waals surface area contributed by atoms with Crippen LogP contribution in [0.5, 0.6) is 0 Å². The second-order valence-electron chi connectivity index (χ2n) is 8.64. The Balaban J connectivity index is 1.62. The Morgan fingerprint density at radius 2 is 1.90 bits per heavy atom. The van der Waals surface area contributed by atoms with Crippen molar-refractivity contribution < 1.29 is 14.0 Å². The molecule has 2 aromatic carbocycles. The van der Waals surface area contributed by atoms with Crippen LogP contribution in [0.3, 0.4) is 0 Å². The smallest absolute Gasteiger partial charge is 0.254 e. The number of nitrogens with zero attached hydrogens (tertiary/aromatic N) is 2. The maximum absolute atomic E-state index is 13.9. The number of fused-ring (bicyclic) bond motifs is 1. The van der Waals surface area contributed by atoms with Crippen LogP contribution in [0.1, 0.15) is 57.6 Å². The summed E-state index contributed by atoms with van der Waals surface area (Å²) in [6, 6.07) is 19.4. The number of amides is 2. The molecule has 0 saturated heterocycles. The Bertz CT molecular complexity index is 1120. The minimum absolute atomic E-state index is 0.00601. The summed E-state index contributed by atoms with van der Waals surface area (Å²) in [4.78, 5) is 31.1. The predicted octanol–water partition coefficient (Wildman–Crippen LogP) is 4.69. The molecule has 1 aromatic heterocycles.